The summed E-state index contributed by atoms with van der Waals surface area (Å²) in [5.41, 5.74) is 0.507. The molecule has 0 aliphatic heterocycles. The SMILES string of the molecule is O=C(O)c1nc2ccccc2nc1C[C@H](O)[C@H](O)[C@H](O)CO. The number of carboxylic acid groups (broad SMARTS) is 1. The van der Waals surface area contributed by atoms with Crippen molar-refractivity contribution in [1.82, 2.24) is 9.97 Å². The highest BCUT2D eigenvalue weighted by Gasteiger charge is 2.27. The lowest BCUT2D eigenvalue weighted by atomic mass is 10.0. The molecule has 1 aromatic heterocycles. The maximum Gasteiger partial charge on any atom is 0.356 e. The largest absolute Gasteiger partial charge is 0.476 e. The van der Waals surface area contributed by atoms with Gasteiger partial charge >= 0.3 is 5.97 Å². The summed E-state index contributed by atoms with van der Waals surface area (Å²) in [5, 5.41) is 46.8. The molecule has 1 aromatic carbocycles. The fourth-order valence-corrected chi connectivity index (χ4v) is 2.03. The van der Waals surface area contributed by atoms with Crippen LogP contribution < -0.4 is 0 Å². The van der Waals surface area contributed by atoms with Crippen molar-refractivity contribution in [3.8, 4) is 0 Å². The third-order valence-corrected chi connectivity index (χ3v) is 3.22. The Morgan fingerprint density at radius 3 is 2.18 bits per heavy atom. The second kappa shape index (κ2) is 6.75. The van der Waals surface area contributed by atoms with E-state index in [0.717, 1.165) is 0 Å². The summed E-state index contributed by atoms with van der Waals surface area (Å²) in [6.45, 7) is -0.729. The number of aliphatic hydroxyl groups excluding tert-OH is 4. The quantitative estimate of drug-likeness (QED) is 0.454. The fraction of sp³-hybridized carbons (Fsp3) is 0.357. The predicted octanol–water partition coefficient (Wildman–Crippen LogP) is -1.05. The number of rotatable bonds is 6. The normalized spacial score (nSPS) is 15.5. The van der Waals surface area contributed by atoms with Crippen molar-refractivity contribution < 1.29 is 30.3 Å². The van der Waals surface area contributed by atoms with Gasteiger partial charge in [0.25, 0.3) is 0 Å². The minimum Gasteiger partial charge on any atom is -0.476 e. The molecule has 0 unspecified atom stereocenters. The number of aliphatic hydroxyl groups is 4. The van der Waals surface area contributed by atoms with Crippen LogP contribution in [0.15, 0.2) is 24.3 Å². The molecule has 0 aliphatic rings. The molecule has 8 heteroatoms. The van der Waals surface area contributed by atoms with E-state index in [2.05, 4.69) is 9.97 Å². The second-order valence-electron chi connectivity index (χ2n) is 4.82. The van der Waals surface area contributed by atoms with Gasteiger partial charge in [0.2, 0.25) is 0 Å². The average Bonchev–Trinajstić information content (AvgIpc) is 2.52. The summed E-state index contributed by atoms with van der Waals surface area (Å²) < 4.78 is 0. The van der Waals surface area contributed by atoms with Crippen LogP contribution in [0.4, 0.5) is 0 Å². The zero-order chi connectivity index (χ0) is 16.3. The van der Waals surface area contributed by atoms with Crippen LogP contribution in [0, 0.1) is 0 Å². The van der Waals surface area contributed by atoms with Gasteiger partial charge in [-0.05, 0) is 12.1 Å². The zero-order valence-corrected chi connectivity index (χ0v) is 11.5. The molecule has 3 atom stereocenters. The average molecular weight is 308 g/mol. The molecule has 0 saturated heterocycles. The van der Waals surface area contributed by atoms with E-state index in [1.54, 1.807) is 24.3 Å². The Bertz CT molecular complexity index is 677. The second-order valence-corrected chi connectivity index (χ2v) is 4.82. The number of nitrogens with zero attached hydrogens (tertiary/aromatic N) is 2. The minimum absolute atomic E-state index is 0.0112. The molecule has 0 aliphatic carbocycles. The monoisotopic (exact) mass is 308 g/mol. The molecule has 8 nitrogen and oxygen atoms in total. The molecule has 0 radical (unpaired) electrons. The molecule has 0 saturated carbocycles. The van der Waals surface area contributed by atoms with Crippen LogP contribution in [-0.2, 0) is 6.42 Å². The van der Waals surface area contributed by atoms with E-state index < -0.39 is 30.9 Å². The molecule has 118 valence electrons. The Morgan fingerprint density at radius 1 is 1.05 bits per heavy atom. The number of carboxylic acids is 1. The highest BCUT2D eigenvalue weighted by atomic mass is 16.4. The molecule has 0 fully saturated rings. The van der Waals surface area contributed by atoms with Gasteiger partial charge in [-0.2, -0.15) is 0 Å². The van der Waals surface area contributed by atoms with Crippen molar-refractivity contribution in [2.75, 3.05) is 6.61 Å². The summed E-state index contributed by atoms with van der Waals surface area (Å²) in [6, 6.07) is 6.66. The minimum atomic E-state index is -1.63. The third-order valence-electron chi connectivity index (χ3n) is 3.22. The molecule has 0 bridgehead atoms. The summed E-state index contributed by atoms with van der Waals surface area (Å²) in [6.07, 6.45) is -4.97. The first-order valence-corrected chi connectivity index (χ1v) is 6.58. The Kier molecular flexibility index (Phi) is 4.99. The van der Waals surface area contributed by atoms with E-state index >= 15 is 0 Å². The number of fused-ring (bicyclic) bond motifs is 1. The van der Waals surface area contributed by atoms with Crippen molar-refractivity contribution in [2.45, 2.75) is 24.7 Å². The zero-order valence-electron chi connectivity index (χ0n) is 11.5. The van der Waals surface area contributed by atoms with Gasteiger partial charge in [-0.15, -0.1) is 0 Å². The molecule has 1 heterocycles. The van der Waals surface area contributed by atoms with Gasteiger partial charge in [0.05, 0.1) is 29.4 Å². The van der Waals surface area contributed by atoms with Crippen LogP contribution in [-0.4, -0.2) is 66.4 Å². The summed E-state index contributed by atoms with van der Waals surface area (Å²) in [4.78, 5) is 19.4. The topological polar surface area (TPSA) is 144 Å². The van der Waals surface area contributed by atoms with E-state index in [0.29, 0.717) is 11.0 Å². The molecule has 2 aromatic rings. The Morgan fingerprint density at radius 2 is 1.64 bits per heavy atom. The van der Waals surface area contributed by atoms with Crippen molar-refractivity contribution in [3.05, 3.63) is 35.7 Å². The fourth-order valence-electron chi connectivity index (χ4n) is 2.03. The van der Waals surface area contributed by atoms with Crippen molar-refractivity contribution in [1.29, 1.82) is 0 Å². The maximum atomic E-state index is 11.3. The van der Waals surface area contributed by atoms with Gasteiger partial charge in [-0.3, -0.25) is 0 Å². The van der Waals surface area contributed by atoms with E-state index in [-0.39, 0.29) is 17.8 Å². The number of aromatic nitrogens is 2. The van der Waals surface area contributed by atoms with Crippen LogP contribution in [0.25, 0.3) is 11.0 Å². The number of hydrogen-bond donors (Lipinski definition) is 5. The van der Waals surface area contributed by atoms with Gasteiger partial charge in [-0.1, -0.05) is 12.1 Å². The number of carbonyl (C=O) groups is 1. The van der Waals surface area contributed by atoms with Crippen LogP contribution in [0.3, 0.4) is 0 Å². The van der Waals surface area contributed by atoms with Crippen LogP contribution in [0.5, 0.6) is 0 Å². The molecular weight excluding hydrogens is 292 g/mol. The molecule has 2 rings (SSSR count). The van der Waals surface area contributed by atoms with Crippen molar-refractivity contribution >= 4 is 17.0 Å². The number of para-hydroxylation sites is 2. The molecule has 0 amide bonds. The smallest absolute Gasteiger partial charge is 0.356 e. The lowest BCUT2D eigenvalue weighted by molar-refractivity contribution is -0.0758. The first kappa shape index (κ1) is 16.2. The highest BCUT2D eigenvalue weighted by molar-refractivity contribution is 5.89. The van der Waals surface area contributed by atoms with E-state index in [9.17, 15) is 25.2 Å². The van der Waals surface area contributed by atoms with Crippen LogP contribution in [0.1, 0.15) is 16.2 Å². The van der Waals surface area contributed by atoms with E-state index in [4.69, 9.17) is 5.11 Å². The standard InChI is InChI=1S/C14H16N2O6/c17-6-11(19)13(20)10(18)5-9-12(14(21)22)16-8-4-2-1-3-7(8)15-9/h1-4,10-11,13,17-20H,5-6H2,(H,21,22)/t10-,11+,13-/m0/s1. The van der Waals surface area contributed by atoms with Gasteiger partial charge in [0, 0.05) is 6.42 Å². The Labute approximate surface area is 125 Å². The number of aromatic carboxylic acids is 1. The maximum absolute atomic E-state index is 11.3. The first-order valence-electron chi connectivity index (χ1n) is 6.58. The van der Waals surface area contributed by atoms with Gasteiger partial charge in [-0.25, -0.2) is 14.8 Å². The van der Waals surface area contributed by atoms with E-state index in [1.807, 2.05) is 0 Å². The van der Waals surface area contributed by atoms with Gasteiger partial charge in [0.15, 0.2) is 5.69 Å². The third kappa shape index (κ3) is 3.37. The Balaban J connectivity index is 2.36. The van der Waals surface area contributed by atoms with Crippen molar-refractivity contribution in [2.24, 2.45) is 0 Å². The summed E-state index contributed by atoms with van der Waals surface area (Å²) >= 11 is 0. The molecule has 22 heavy (non-hydrogen) atoms. The lowest BCUT2D eigenvalue weighted by Gasteiger charge is -2.21. The number of hydrogen-bond acceptors (Lipinski definition) is 7. The number of benzene rings is 1. The predicted molar refractivity (Wildman–Crippen MR) is 75.3 cm³/mol. The van der Waals surface area contributed by atoms with Crippen LogP contribution in [0.2, 0.25) is 0 Å². The summed E-state index contributed by atoms with van der Waals surface area (Å²) in [7, 11) is 0. The summed E-state index contributed by atoms with van der Waals surface area (Å²) in [5.74, 6) is -1.31. The molecular formula is C14H16N2O6. The van der Waals surface area contributed by atoms with Gasteiger partial charge in [0.1, 0.15) is 12.2 Å². The van der Waals surface area contributed by atoms with Gasteiger partial charge < -0.3 is 25.5 Å². The lowest BCUT2D eigenvalue weighted by Crippen LogP contribution is -2.41. The van der Waals surface area contributed by atoms with Crippen molar-refractivity contribution in [3.63, 3.8) is 0 Å². The highest BCUT2D eigenvalue weighted by Crippen LogP contribution is 2.16. The van der Waals surface area contributed by atoms with E-state index in [1.165, 1.54) is 0 Å². The van der Waals surface area contributed by atoms with Crippen LogP contribution >= 0.6 is 0 Å². The first-order chi connectivity index (χ1) is 10.4. The molecule has 0 spiro atoms. The Hall–Kier alpha value is -2.13. The molecule has 5 N–H and O–H groups in total.